The second-order valence-electron chi connectivity index (χ2n) is 5.59. The molecule has 7 nitrogen and oxygen atoms in total. The van der Waals surface area contributed by atoms with E-state index < -0.39 is 0 Å². The van der Waals surface area contributed by atoms with Crippen molar-refractivity contribution in [2.24, 2.45) is 5.10 Å². The molecule has 3 heterocycles. The molecule has 0 radical (unpaired) electrons. The number of hydrogen-bond acceptors (Lipinski definition) is 5. The van der Waals surface area contributed by atoms with Gasteiger partial charge in [0.05, 0.1) is 19.0 Å². The summed E-state index contributed by atoms with van der Waals surface area (Å²) in [5.41, 5.74) is 5.84. The summed E-state index contributed by atoms with van der Waals surface area (Å²) in [5, 5.41) is 11.7. The van der Waals surface area contributed by atoms with Gasteiger partial charge in [0.1, 0.15) is 11.5 Å². The Kier molecular flexibility index (Phi) is 4.99. The smallest absolute Gasteiger partial charge is 0.187 e. The molecule has 0 aliphatic carbocycles. The van der Waals surface area contributed by atoms with Gasteiger partial charge in [0.15, 0.2) is 10.9 Å². The number of furan rings is 1. The van der Waals surface area contributed by atoms with Gasteiger partial charge in [-0.1, -0.05) is 5.16 Å². The summed E-state index contributed by atoms with van der Waals surface area (Å²) in [4.78, 5) is 0. The van der Waals surface area contributed by atoms with Gasteiger partial charge < -0.3 is 14.3 Å². The highest BCUT2D eigenvalue weighted by Gasteiger charge is 2.12. The highest BCUT2D eigenvalue weighted by atomic mass is 32.1. The lowest BCUT2D eigenvalue weighted by Crippen LogP contribution is -2.31. The standard InChI is InChI=1S/C17H19N5O2S/c1-11-7-14(13(3)22(11)16-8-12(2)24-21-16)9-19-20-17(25)18-10-15-5-4-6-23-15/h4-9H,10H2,1-3H3,(H2,18,20,25)/b19-9-. The summed E-state index contributed by atoms with van der Waals surface area (Å²) in [6, 6.07) is 7.63. The Labute approximate surface area is 150 Å². The lowest BCUT2D eigenvalue weighted by Gasteiger charge is -2.05. The van der Waals surface area contributed by atoms with Crippen molar-refractivity contribution in [3.05, 3.63) is 59.0 Å². The highest BCUT2D eigenvalue weighted by molar-refractivity contribution is 7.80. The van der Waals surface area contributed by atoms with Gasteiger partial charge in [0.25, 0.3) is 0 Å². The van der Waals surface area contributed by atoms with Crippen molar-refractivity contribution >= 4 is 23.5 Å². The summed E-state index contributed by atoms with van der Waals surface area (Å²) < 4.78 is 12.4. The molecule has 0 bridgehead atoms. The molecule has 3 aromatic rings. The summed E-state index contributed by atoms with van der Waals surface area (Å²) >= 11 is 5.18. The van der Waals surface area contributed by atoms with Gasteiger partial charge in [-0.05, 0) is 51.2 Å². The van der Waals surface area contributed by atoms with Crippen LogP contribution in [0.4, 0.5) is 0 Å². The van der Waals surface area contributed by atoms with Crippen LogP contribution >= 0.6 is 12.2 Å². The van der Waals surface area contributed by atoms with Crippen molar-refractivity contribution in [3.63, 3.8) is 0 Å². The van der Waals surface area contributed by atoms with Crippen LogP contribution in [-0.4, -0.2) is 21.1 Å². The van der Waals surface area contributed by atoms with Crippen molar-refractivity contribution in [2.45, 2.75) is 27.3 Å². The van der Waals surface area contributed by atoms with Gasteiger partial charge in [-0.15, -0.1) is 0 Å². The van der Waals surface area contributed by atoms with Crippen LogP contribution in [0.25, 0.3) is 5.82 Å². The van der Waals surface area contributed by atoms with Gasteiger partial charge in [-0.25, -0.2) is 0 Å². The first-order chi connectivity index (χ1) is 12.0. The Balaban J connectivity index is 1.63. The number of thiocarbonyl (C=S) groups is 1. The number of rotatable bonds is 5. The van der Waals surface area contributed by atoms with Crippen LogP contribution in [-0.2, 0) is 6.54 Å². The maximum atomic E-state index is 5.23. The van der Waals surface area contributed by atoms with Crippen molar-refractivity contribution in [1.82, 2.24) is 20.5 Å². The molecule has 0 amide bonds. The van der Waals surface area contributed by atoms with Gasteiger partial charge in [0, 0.05) is 23.0 Å². The minimum absolute atomic E-state index is 0.425. The van der Waals surface area contributed by atoms with Crippen molar-refractivity contribution < 1.29 is 8.94 Å². The third-order valence-electron chi connectivity index (χ3n) is 3.69. The molecular weight excluding hydrogens is 338 g/mol. The molecule has 3 aromatic heterocycles. The van der Waals surface area contributed by atoms with Gasteiger partial charge >= 0.3 is 0 Å². The maximum Gasteiger partial charge on any atom is 0.187 e. The Morgan fingerprint density at radius 2 is 2.20 bits per heavy atom. The first kappa shape index (κ1) is 17.0. The van der Waals surface area contributed by atoms with Crippen LogP contribution in [0.15, 0.2) is 44.6 Å². The SMILES string of the molecule is Cc1cc(-n2c(C)cc(/C=N\NC(=S)NCc3ccco3)c2C)no1. The third-order valence-corrected chi connectivity index (χ3v) is 3.92. The van der Waals surface area contributed by atoms with E-state index in [-0.39, 0.29) is 0 Å². The van der Waals surface area contributed by atoms with Crippen LogP contribution in [0.3, 0.4) is 0 Å². The number of nitrogens with one attached hydrogen (secondary N) is 2. The molecule has 0 aliphatic rings. The molecule has 0 aliphatic heterocycles. The van der Waals surface area contributed by atoms with E-state index in [1.807, 2.05) is 49.6 Å². The van der Waals surface area contributed by atoms with Gasteiger partial charge in [-0.3, -0.25) is 9.99 Å². The van der Waals surface area contributed by atoms with Crippen molar-refractivity contribution in [3.8, 4) is 5.82 Å². The van der Waals surface area contributed by atoms with E-state index in [0.717, 1.165) is 34.3 Å². The second-order valence-corrected chi connectivity index (χ2v) is 6.00. The average molecular weight is 357 g/mol. The number of nitrogens with zero attached hydrogens (tertiary/aromatic N) is 3. The molecular formula is C17H19N5O2S. The number of hydrogen-bond donors (Lipinski definition) is 2. The van der Waals surface area contributed by atoms with E-state index in [0.29, 0.717) is 11.7 Å². The highest BCUT2D eigenvalue weighted by Crippen LogP contribution is 2.19. The van der Waals surface area contributed by atoms with Crippen LogP contribution in [0.1, 0.15) is 28.5 Å². The van der Waals surface area contributed by atoms with Crippen molar-refractivity contribution in [1.29, 1.82) is 0 Å². The first-order valence-corrected chi connectivity index (χ1v) is 8.17. The van der Waals surface area contributed by atoms with Gasteiger partial charge in [0.2, 0.25) is 0 Å². The van der Waals surface area contributed by atoms with E-state index >= 15 is 0 Å². The van der Waals surface area contributed by atoms with E-state index in [4.69, 9.17) is 21.2 Å². The fourth-order valence-electron chi connectivity index (χ4n) is 2.51. The zero-order chi connectivity index (χ0) is 17.8. The topological polar surface area (TPSA) is 80.5 Å². The summed E-state index contributed by atoms with van der Waals surface area (Å²) in [7, 11) is 0. The summed E-state index contributed by atoms with van der Waals surface area (Å²) in [6.07, 6.45) is 3.35. The zero-order valence-corrected chi connectivity index (χ0v) is 15.1. The number of aryl methyl sites for hydroxylation is 2. The minimum atomic E-state index is 0.425. The van der Waals surface area contributed by atoms with Crippen LogP contribution < -0.4 is 10.7 Å². The Bertz CT molecular complexity index is 892. The average Bonchev–Trinajstić information content (AvgIpc) is 3.28. The summed E-state index contributed by atoms with van der Waals surface area (Å²) in [5.74, 6) is 2.34. The Hall–Kier alpha value is -2.87. The molecule has 2 N–H and O–H groups in total. The van der Waals surface area contributed by atoms with E-state index in [1.165, 1.54) is 0 Å². The number of aromatic nitrogens is 2. The van der Waals surface area contributed by atoms with Gasteiger partial charge in [-0.2, -0.15) is 5.10 Å². The van der Waals surface area contributed by atoms with E-state index in [9.17, 15) is 0 Å². The zero-order valence-electron chi connectivity index (χ0n) is 14.2. The molecule has 25 heavy (non-hydrogen) atoms. The first-order valence-electron chi connectivity index (χ1n) is 7.76. The monoisotopic (exact) mass is 357 g/mol. The van der Waals surface area contributed by atoms with Crippen LogP contribution in [0.2, 0.25) is 0 Å². The molecule has 0 unspecified atom stereocenters. The molecule has 0 saturated carbocycles. The molecule has 0 saturated heterocycles. The van der Waals surface area contributed by atoms with Crippen LogP contribution in [0.5, 0.6) is 0 Å². The molecule has 130 valence electrons. The lowest BCUT2D eigenvalue weighted by molar-refractivity contribution is 0.394. The predicted octanol–water partition coefficient (Wildman–Crippen LogP) is 2.98. The fourth-order valence-corrected chi connectivity index (χ4v) is 2.63. The predicted molar refractivity (Wildman–Crippen MR) is 98.9 cm³/mol. The maximum absolute atomic E-state index is 5.23. The molecule has 0 atom stereocenters. The van der Waals surface area contributed by atoms with Crippen molar-refractivity contribution in [2.75, 3.05) is 0 Å². The Morgan fingerprint density at radius 3 is 2.88 bits per heavy atom. The van der Waals surface area contributed by atoms with Crippen LogP contribution in [0, 0.1) is 20.8 Å². The molecule has 3 rings (SSSR count). The molecule has 0 spiro atoms. The summed E-state index contributed by atoms with van der Waals surface area (Å²) in [6.45, 7) is 6.39. The van der Waals surface area contributed by atoms with E-state index in [2.05, 4.69) is 21.0 Å². The second kappa shape index (κ2) is 7.35. The largest absolute Gasteiger partial charge is 0.467 e. The van der Waals surface area contributed by atoms with E-state index in [1.54, 1.807) is 12.5 Å². The number of hydrazone groups is 1. The molecule has 0 aromatic carbocycles. The Morgan fingerprint density at radius 1 is 1.36 bits per heavy atom. The minimum Gasteiger partial charge on any atom is -0.467 e. The third kappa shape index (κ3) is 3.97. The lowest BCUT2D eigenvalue weighted by atomic mass is 10.3. The molecule has 8 heteroatoms. The fraction of sp³-hybridized carbons (Fsp3) is 0.235. The quantitative estimate of drug-likeness (QED) is 0.415. The normalized spacial score (nSPS) is 11.2. The molecule has 0 fully saturated rings.